The first-order valence-electron chi connectivity index (χ1n) is 8.43. The highest BCUT2D eigenvalue weighted by atomic mass is 32.2. The Balaban J connectivity index is 1.77. The summed E-state index contributed by atoms with van der Waals surface area (Å²) in [5, 5.41) is 6.09. The first-order chi connectivity index (χ1) is 12.5. The van der Waals surface area contributed by atoms with Gasteiger partial charge < -0.3 is 10.1 Å². The second-order valence-corrected chi connectivity index (χ2v) is 8.56. The van der Waals surface area contributed by atoms with Crippen LogP contribution in [0.25, 0.3) is 0 Å². The fourth-order valence-electron chi connectivity index (χ4n) is 3.02. The van der Waals surface area contributed by atoms with Gasteiger partial charge in [-0.05, 0) is 36.2 Å². The van der Waals surface area contributed by atoms with E-state index in [1.165, 1.54) is 0 Å². The monoisotopic (exact) mass is 374 g/mol. The minimum absolute atomic E-state index is 0.0617. The van der Waals surface area contributed by atoms with Crippen LogP contribution in [0.2, 0.25) is 0 Å². The van der Waals surface area contributed by atoms with Gasteiger partial charge in [0.1, 0.15) is 11.8 Å². The number of carbonyl (C=O) groups excluding carboxylic acids is 1. The molecule has 2 aromatic carbocycles. The number of ether oxygens (including phenoxy) is 1. The summed E-state index contributed by atoms with van der Waals surface area (Å²) in [6.45, 7) is 0. The van der Waals surface area contributed by atoms with Crippen molar-refractivity contribution in [1.82, 2.24) is 5.32 Å². The Morgan fingerprint density at radius 2 is 1.81 bits per heavy atom. The highest BCUT2D eigenvalue weighted by molar-refractivity contribution is 7.91. The van der Waals surface area contributed by atoms with Crippen LogP contribution in [-0.4, -0.2) is 39.0 Å². The first kappa shape index (κ1) is 18.4. The van der Waals surface area contributed by atoms with Crippen molar-refractivity contribution in [3.05, 3.63) is 60.2 Å². The Labute approximate surface area is 153 Å². The number of amides is 1. The van der Waals surface area contributed by atoms with Gasteiger partial charge in [-0.1, -0.05) is 30.3 Å². The maximum absolute atomic E-state index is 12.9. The summed E-state index contributed by atoms with van der Waals surface area (Å²) in [6, 6.07) is 15.5. The molecular weight excluding hydrogens is 352 g/mol. The van der Waals surface area contributed by atoms with Crippen molar-refractivity contribution in [2.45, 2.75) is 18.5 Å². The SMILES string of the molecule is COc1ccc(NC(=O)[C@@H](N[C@@H]2CCS(=O)(=O)C2)c2ccccc2)cc1. The van der Waals surface area contributed by atoms with Crippen molar-refractivity contribution in [3.63, 3.8) is 0 Å². The number of methoxy groups -OCH3 is 1. The molecule has 0 aliphatic carbocycles. The van der Waals surface area contributed by atoms with Gasteiger partial charge in [-0.3, -0.25) is 10.1 Å². The second-order valence-electron chi connectivity index (χ2n) is 6.33. The molecular formula is C19H22N2O4S. The van der Waals surface area contributed by atoms with Crippen molar-refractivity contribution >= 4 is 21.4 Å². The fourth-order valence-corrected chi connectivity index (χ4v) is 4.71. The minimum Gasteiger partial charge on any atom is -0.497 e. The van der Waals surface area contributed by atoms with E-state index in [2.05, 4.69) is 10.6 Å². The van der Waals surface area contributed by atoms with Crippen LogP contribution in [-0.2, 0) is 14.6 Å². The number of anilines is 1. The smallest absolute Gasteiger partial charge is 0.246 e. The summed E-state index contributed by atoms with van der Waals surface area (Å²) in [5.41, 5.74) is 1.44. The number of benzene rings is 2. The molecule has 7 heteroatoms. The van der Waals surface area contributed by atoms with Gasteiger partial charge in [-0.25, -0.2) is 8.42 Å². The van der Waals surface area contributed by atoms with E-state index in [0.29, 0.717) is 17.9 Å². The molecule has 1 amide bonds. The highest BCUT2D eigenvalue weighted by Crippen LogP contribution is 2.21. The second kappa shape index (κ2) is 7.88. The molecule has 2 atom stereocenters. The molecule has 0 bridgehead atoms. The summed E-state index contributed by atoms with van der Waals surface area (Å²) < 4.78 is 28.6. The summed E-state index contributed by atoms with van der Waals surface area (Å²) in [4.78, 5) is 12.9. The van der Waals surface area contributed by atoms with Crippen molar-refractivity contribution < 1.29 is 17.9 Å². The maximum Gasteiger partial charge on any atom is 0.246 e. The van der Waals surface area contributed by atoms with Crippen LogP contribution in [0.4, 0.5) is 5.69 Å². The molecule has 1 fully saturated rings. The Kier molecular flexibility index (Phi) is 5.58. The minimum atomic E-state index is -3.02. The molecule has 0 aromatic heterocycles. The highest BCUT2D eigenvalue weighted by Gasteiger charge is 2.32. The van der Waals surface area contributed by atoms with Crippen molar-refractivity contribution in [3.8, 4) is 5.75 Å². The Morgan fingerprint density at radius 3 is 2.38 bits per heavy atom. The van der Waals surface area contributed by atoms with Crippen molar-refractivity contribution in [2.75, 3.05) is 23.9 Å². The summed E-state index contributed by atoms with van der Waals surface area (Å²) >= 11 is 0. The van der Waals surface area contributed by atoms with Gasteiger partial charge in [0.2, 0.25) is 5.91 Å². The first-order valence-corrected chi connectivity index (χ1v) is 10.3. The Hall–Kier alpha value is -2.38. The molecule has 3 rings (SSSR count). The van der Waals surface area contributed by atoms with Gasteiger partial charge in [0.15, 0.2) is 9.84 Å². The molecule has 0 spiro atoms. The Morgan fingerprint density at radius 1 is 1.12 bits per heavy atom. The standard InChI is InChI=1S/C19H22N2O4S/c1-25-17-9-7-15(8-10-17)21-19(22)18(14-5-3-2-4-6-14)20-16-11-12-26(23,24)13-16/h2-10,16,18,20H,11-13H2,1H3,(H,21,22)/t16-,18+/m1/s1. The normalized spacial score (nSPS) is 19.7. The fraction of sp³-hybridized carbons (Fsp3) is 0.316. The predicted molar refractivity (Wildman–Crippen MR) is 101 cm³/mol. The zero-order chi connectivity index (χ0) is 18.6. The lowest BCUT2D eigenvalue weighted by atomic mass is 10.0. The number of hydrogen-bond acceptors (Lipinski definition) is 5. The van der Waals surface area contributed by atoms with E-state index in [1.807, 2.05) is 30.3 Å². The van der Waals surface area contributed by atoms with Crippen LogP contribution in [0.15, 0.2) is 54.6 Å². The van der Waals surface area contributed by atoms with E-state index in [0.717, 1.165) is 5.56 Å². The van der Waals surface area contributed by atoms with E-state index >= 15 is 0 Å². The lowest BCUT2D eigenvalue weighted by Crippen LogP contribution is -2.40. The maximum atomic E-state index is 12.9. The number of hydrogen-bond donors (Lipinski definition) is 2. The molecule has 6 nitrogen and oxygen atoms in total. The van der Waals surface area contributed by atoms with Crippen LogP contribution in [0.5, 0.6) is 5.75 Å². The molecule has 1 heterocycles. The molecule has 0 saturated carbocycles. The van der Waals surface area contributed by atoms with Crippen LogP contribution in [0, 0.1) is 0 Å². The number of nitrogens with one attached hydrogen (secondary N) is 2. The molecule has 138 valence electrons. The number of sulfone groups is 1. The van der Waals surface area contributed by atoms with Crippen LogP contribution in [0.3, 0.4) is 0 Å². The average Bonchev–Trinajstić information content (AvgIpc) is 2.99. The van der Waals surface area contributed by atoms with Gasteiger partial charge in [0, 0.05) is 11.7 Å². The number of carbonyl (C=O) groups is 1. The van der Waals surface area contributed by atoms with E-state index in [4.69, 9.17) is 4.74 Å². The summed E-state index contributed by atoms with van der Waals surface area (Å²) in [6.07, 6.45) is 0.515. The third-order valence-corrected chi connectivity index (χ3v) is 6.16. The molecule has 2 N–H and O–H groups in total. The van der Waals surface area contributed by atoms with E-state index < -0.39 is 15.9 Å². The molecule has 1 aliphatic rings. The van der Waals surface area contributed by atoms with Gasteiger partial charge >= 0.3 is 0 Å². The lowest BCUT2D eigenvalue weighted by molar-refractivity contribution is -0.118. The zero-order valence-corrected chi connectivity index (χ0v) is 15.3. The van der Waals surface area contributed by atoms with Crippen LogP contribution < -0.4 is 15.4 Å². The van der Waals surface area contributed by atoms with E-state index in [9.17, 15) is 13.2 Å². The largest absolute Gasteiger partial charge is 0.497 e. The van der Waals surface area contributed by atoms with Gasteiger partial charge in [-0.2, -0.15) is 0 Å². The quantitative estimate of drug-likeness (QED) is 0.809. The molecule has 0 radical (unpaired) electrons. The molecule has 1 saturated heterocycles. The van der Waals surface area contributed by atoms with E-state index in [-0.39, 0.29) is 23.5 Å². The lowest BCUT2D eigenvalue weighted by Gasteiger charge is -2.22. The molecule has 1 aliphatic heterocycles. The Bertz CT molecular complexity index is 851. The number of rotatable bonds is 6. The zero-order valence-electron chi connectivity index (χ0n) is 14.5. The topological polar surface area (TPSA) is 84.5 Å². The third kappa shape index (κ3) is 4.62. The van der Waals surface area contributed by atoms with Crippen LogP contribution in [0.1, 0.15) is 18.0 Å². The molecule has 0 unspecified atom stereocenters. The predicted octanol–water partition coefficient (Wildman–Crippen LogP) is 2.15. The molecule has 2 aromatic rings. The van der Waals surface area contributed by atoms with Gasteiger partial charge in [0.25, 0.3) is 0 Å². The van der Waals surface area contributed by atoms with Crippen molar-refractivity contribution in [1.29, 1.82) is 0 Å². The summed E-state index contributed by atoms with van der Waals surface area (Å²) in [5.74, 6) is 0.695. The summed E-state index contributed by atoms with van der Waals surface area (Å²) in [7, 11) is -1.44. The third-order valence-electron chi connectivity index (χ3n) is 4.39. The molecule has 26 heavy (non-hydrogen) atoms. The average molecular weight is 374 g/mol. The van der Waals surface area contributed by atoms with Crippen molar-refractivity contribution in [2.24, 2.45) is 0 Å². The van der Waals surface area contributed by atoms with E-state index in [1.54, 1.807) is 31.4 Å². The van der Waals surface area contributed by atoms with Gasteiger partial charge in [0.05, 0.1) is 18.6 Å². The van der Waals surface area contributed by atoms with Crippen LogP contribution >= 0.6 is 0 Å². The van der Waals surface area contributed by atoms with Gasteiger partial charge in [-0.15, -0.1) is 0 Å².